The Hall–Kier alpha value is -0.560. The Morgan fingerprint density at radius 3 is 3.00 bits per heavy atom. The quantitative estimate of drug-likeness (QED) is 0.624. The lowest BCUT2D eigenvalue weighted by Crippen LogP contribution is -1.85. The molecule has 1 aromatic rings. The van der Waals surface area contributed by atoms with Gasteiger partial charge in [-0.2, -0.15) is 0 Å². The van der Waals surface area contributed by atoms with Crippen LogP contribution in [-0.4, -0.2) is 0 Å². The third-order valence-corrected chi connectivity index (χ3v) is 2.97. The number of fused-ring (bicyclic) bond motifs is 1. The van der Waals surface area contributed by atoms with E-state index in [0.717, 1.165) is 6.42 Å². The molecule has 0 amide bonds. The number of hydrogen-bond donors (Lipinski definition) is 0. The molecule has 1 atom stereocenters. The van der Waals surface area contributed by atoms with E-state index in [9.17, 15) is 0 Å². The van der Waals surface area contributed by atoms with Gasteiger partial charge in [0.15, 0.2) is 0 Å². The van der Waals surface area contributed by atoms with Crippen molar-refractivity contribution in [2.45, 2.75) is 19.3 Å². The lowest BCUT2D eigenvalue weighted by Gasteiger charge is -2.03. The minimum atomic E-state index is 0.644. The first-order valence-electron chi connectivity index (χ1n) is 4.16. The summed E-state index contributed by atoms with van der Waals surface area (Å²) in [6, 6.07) is 6.45. The number of allylic oxidation sites excluding steroid dienone is 1. The Labute approximate surface area is 81.4 Å². The van der Waals surface area contributed by atoms with Crippen molar-refractivity contribution < 1.29 is 0 Å². The fourth-order valence-electron chi connectivity index (χ4n) is 1.85. The van der Waals surface area contributed by atoms with E-state index in [1.807, 2.05) is 0 Å². The van der Waals surface area contributed by atoms with Crippen molar-refractivity contribution in [3.63, 3.8) is 0 Å². The van der Waals surface area contributed by atoms with Gasteiger partial charge < -0.3 is 0 Å². The van der Waals surface area contributed by atoms with Crippen molar-refractivity contribution in [3.05, 3.63) is 40.4 Å². The van der Waals surface area contributed by atoms with Crippen LogP contribution in [0.3, 0.4) is 0 Å². The number of rotatable bonds is 0. The van der Waals surface area contributed by atoms with Gasteiger partial charge in [-0.1, -0.05) is 35.5 Å². The van der Waals surface area contributed by atoms with E-state index in [-0.39, 0.29) is 0 Å². The summed E-state index contributed by atoms with van der Waals surface area (Å²) >= 11 is 3.48. The van der Waals surface area contributed by atoms with Crippen LogP contribution in [0.1, 0.15) is 30.4 Å². The second kappa shape index (κ2) is 2.74. The summed E-state index contributed by atoms with van der Waals surface area (Å²) in [6.45, 7) is 6.31. The Kier molecular flexibility index (Phi) is 1.84. The highest BCUT2D eigenvalue weighted by molar-refractivity contribution is 9.10. The molecule has 1 aliphatic rings. The summed E-state index contributed by atoms with van der Waals surface area (Å²) in [6.07, 6.45) is 1.12. The first kappa shape index (κ1) is 8.06. The van der Waals surface area contributed by atoms with Crippen LogP contribution in [0.4, 0.5) is 0 Å². The summed E-state index contributed by atoms with van der Waals surface area (Å²) < 4.78 is 1.17. The maximum Gasteiger partial charge on any atom is 0.0178 e. The van der Waals surface area contributed by atoms with Gasteiger partial charge in [0, 0.05) is 4.47 Å². The zero-order valence-electron chi connectivity index (χ0n) is 7.10. The number of halogens is 1. The molecule has 0 saturated heterocycles. The molecule has 2 rings (SSSR count). The topological polar surface area (TPSA) is 0 Å². The molecule has 0 saturated carbocycles. The van der Waals surface area contributed by atoms with E-state index < -0.39 is 0 Å². The minimum absolute atomic E-state index is 0.644. The maximum atomic E-state index is 4.06. The minimum Gasteiger partial charge on any atom is -0.0952 e. The van der Waals surface area contributed by atoms with Gasteiger partial charge in [0.1, 0.15) is 0 Å². The van der Waals surface area contributed by atoms with Crippen LogP contribution in [0.25, 0.3) is 5.57 Å². The van der Waals surface area contributed by atoms with Gasteiger partial charge in [0.2, 0.25) is 0 Å². The van der Waals surface area contributed by atoms with E-state index in [1.54, 1.807) is 0 Å². The molecule has 0 N–H and O–H groups in total. The molecule has 0 bridgehead atoms. The van der Waals surface area contributed by atoms with Gasteiger partial charge in [-0.05, 0) is 41.2 Å². The van der Waals surface area contributed by atoms with Crippen LogP contribution in [0.5, 0.6) is 0 Å². The average Bonchev–Trinajstić information content (AvgIpc) is 2.28. The normalized spacial score (nSPS) is 21.2. The molecule has 0 radical (unpaired) electrons. The van der Waals surface area contributed by atoms with Crippen molar-refractivity contribution in [2.24, 2.45) is 0 Å². The molecule has 12 heavy (non-hydrogen) atoms. The fraction of sp³-hybridized carbons (Fsp3) is 0.273. The summed E-state index contributed by atoms with van der Waals surface area (Å²) in [5.74, 6) is 0.644. The summed E-state index contributed by atoms with van der Waals surface area (Å²) in [5, 5.41) is 0. The zero-order chi connectivity index (χ0) is 8.72. The Balaban J connectivity index is 2.60. The number of hydrogen-bond acceptors (Lipinski definition) is 0. The molecule has 0 aliphatic heterocycles. The van der Waals surface area contributed by atoms with E-state index in [0.29, 0.717) is 5.92 Å². The molecule has 1 aromatic carbocycles. The third-order valence-electron chi connectivity index (χ3n) is 2.48. The van der Waals surface area contributed by atoms with E-state index >= 15 is 0 Å². The molecule has 1 heteroatoms. The Bertz CT molecular complexity index is 339. The van der Waals surface area contributed by atoms with Crippen molar-refractivity contribution in [3.8, 4) is 0 Å². The SMILES string of the molecule is C=C1CC(C)c2cc(Br)ccc21. The first-order valence-corrected chi connectivity index (χ1v) is 4.95. The van der Waals surface area contributed by atoms with Crippen LogP contribution < -0.4 is 0 Å². The van der Waals surface area contributed by atoms with E-state index in [1.165, 1.54) is 21.2 Å². The number of benzene rings is 1. The van der Waals surface area contributed by atoms with Crippen LogP contribution in [0.15, 0.2) is 29.3 Å². The Morgan fingerprint density at radius 1 is 1.50 bits per heavy atom. The molecule has 0 fully saturated rings. The molecular weight excluding hydrogens is 212 g/mol. The molecule has 0 heterocycles. The molecule has 0 aromatic heterocycles. The highest BCUT2D eigenvalue weighted by Gasteiger charge is 2.21. The van der Waals surface area contributed by atoms with Gasteiger partial charge in [0.05, 0.1) is 0 Å². The fourth-order valence-corrected chi connectivity index (χ4v) is 2.23. The van der Waals surface area contributed by atoms with Gasteiger partial charge >= 0.3 is 0 Å². The average molecular weight is 223 g/mol. The largest absolute Gasteiger partial charge is 0.0952 e. The smallest absolute Gasteiger partial charge is 0.0178 e. The van der Waals surface area contributed by atoms with Crippen molar-refractivity contribution >= 4 is 21.5 Å². The summed E-state index contributed by atoms with van der Waals surface area (Å²) in [5.41, 5.74) is 4.07. The van der Waals surface area contributed by atoms with E-state index in [4.69, 9.17) is 0 Å². The van der Waals surface area contributed by atoms with Gasteiger partial charge in [-0.3, -0.25) is 0 Å². The van der Waals surface area contributed by atoms with Gasteiger partial charge in [0.25, 0.3) is 0 Å². The first-order chi connectivity index (χ1) is 5.68. The highest BCUT2D eigenvalue weighted by atomic mass is 79.9. The summed E-state index contributed by atoms with van der Waals surface area (Å²) in [7, 11) is 0. The predicted molar refractivity (Wildman–Crippen MR) is 56.2 cm³/mol. The van der Waals surface area contributed by atoms with Crippen molar-refractivity contribution in [1.29, 1.82) is 0 Å². The standard InChI is InChI=1S/C11H11Br/c1-7-5-8(2)11-6-9(12)3-4-10(7)11/h3-4,6,8H,1,5H2,2H3. The molecule has 1 aliphatic carbocycles. The lowest BCUT2D eigenvalue weighted by atomic mass is 10.0. The van der Waals surface area contributed by atoms with Crippen LogP contribution >= 0.6 is 15.9 Å². The van der Waals surface area contributed by atoms with E-state index in [2.05, 4.69) is 47.6 Å². The Morgan fingerprint density at radius 2 is 2.25 bits per heavy atom. The predicted octanol–water partition coefficient (Wildman–Crippen LogP) is 3.97. The van der Waals surface area contributed by atoms with Crippen LogP contribution in [0.2, 0.25) is 0 Å². The van der Waals surface area contributed by atoms with Crippen LogP contribution in [0, 0.1) is 0 Å². The maximum absolute atomic E-state index is 4.06. The van der Waals surface area contributed by atoms with Gasteiger partial charge in [-0.15, -0.1) is 0 Å². The van der Waals surface area contributed by atoms with Gasteiger partial charge in [-0.25, -0.2) is 0 Å². The molecule has 1 unspecified atom stereocenters. The second-order valence-electron chi connectivity index (χ2n) is 3.44. The monoisotopic (exact) mass is 222 g/mol. The van der Waals surface area contributed by atoms with Crippen molar-refractivity contribution in [2.75, 3.05) is 0 Å². The highest BCUT2D eigenvalue weighted by Crippen LogP contribution is 2.40. The molecule has 0 nitrogen and oxygen atoms in total. The summed E-state index contributed by atoms with van der Waals surface area (Å²) in [4.78, 5) is 0. The second-order valence-corrected chi connectivity index (χ2v) is 4.36. The molecular formula is C11H11Br. The lowest BCUT2D eigenvalue weighted by molar-refractivity contribution is 0.828. The van der Waals surface area contributed by atoms with Crippen molar-refractivity contribution in [1.82, 2.24) is 0 Å². The van der Waals surface area contributed by atoms with Crippen LogP contribution in [-0.2, 0) is 0 Å². The molecule has 62 valence electrons. The third kappa shape index (κ3) is 1.13. The molecule has 0 spiro atoms. The zero-order valence-corrected chi connectivity index (χ0v) is 8.69.